The van der Waals surface area contributed by atoms with Crippen molar-refractivity contribution in [1.29, 1.82) is 0 Å². The largest absolute Gasteiger partial charge is 0.479 e. The minimum atomic E-state index is -1.15. The Morgan fingerprint density at radius 1 is 1.26 bits per heavy atom. The van der Waals surface area contributed by atoms with Crippen LogP contribution in [0.5, 0.6) is 0 Å². The summed E-state index contributed by atoms with van der Waals surface area (Å²) < 4.78 is 5.26. The Morgan fingerprint density at radius 3 is 2.48 bits per heavy atom. The Morgan fingerprint density at radius 2 is 1.90 bits per heavy atom. The Labute approximate surface area is 184 Å². The van der Waals surface area contributed by atoms with Gasteiger partial charge >= 0.3 is 12.1 Å². The van der Waals surface area contributed by atoms with Gasteiger partial charge in [-0.2, -0.15) is 0 Å². The van der Waals surface area contributed by atoms with Crippen LogP contribution in [0.25, 0.3) is 0 Å². The molecule has 2 saturated heterocycles. The van der Waals surface area contributed by atoms with Crippen molar-refractivity contribution < 1.29 is 29.0 Å². The van der Waals surface area contributed by atoms with Crippen LogP contribution in [0.1, 0.15) is 32.4 Å². The molecule has 0 aromatic heterocycles. The highest BCUT2D eigenvalue weighted by Gasteiger charge is 2.56. The van der Waals surface area contributed by atoms with E-state index in [0.29, 0.717) is 16.9 Å². The van der Waals surface area contributed by atoms with Gasteiger partial charge in [-0.05, 0) is 31.9 Å². The second kappa shape index (κ2) is 8.62. The second-order valence-corrected chi connectivity index (χ2v) is 9.43. The first-order chi connectivity index (χ1) is 14.5. The van der Waals surface area contributed by atoms with E-state index in [0.717, 1.165) is 0 Å². The summed E-state index contributed by atoms with van der Waals surface area (Å²) in [5, 5.41) is 14.1. The van der Waals surface area contributed by atoms with Gasteiger partial charge in [0.25, 0.3) is 0 Å². The molecule has 31 heavy (non-hydrogen) atoms. The molecule has 1 aromatic rings. The van der Waals surface area contributed by atoms with Gasteiger partial charge < -0.3 is 25.4 Å². The first-order valence-corrected chi connectivity index (χ1v) is 10.7. The number of rotatable bonds is 5. The van der Waals surface area contributed by atoms with Crippen molar-refractivity contribution in [3.8, 4) is 0 Å². The fourth-order valence-corrected chi connectivity index (χ4v) is 4.75. The lowest BCUT2D eigenvalue weighted by atomic mass is 9.98. The number of hydrogen-bond donors (Lipinski definition) is 3. The Kier molecular flexibility index (Phi) is 6.30. The zero-order valence-corrected chi connectivity index (χ0v) is 18.3. The average Bonchev–Trinajstić information content (AvgIpc) is 2.69. The molecule has 0 bridgehead atoms. The maximum Gasteiger partial charge on any atom is 0.408 e. The van der Waals surface area contributed by atoms with Crippen molar-refractivity contribution in [2.75, 3.05) is 5.75 Å². The molecule has 1 unspecified atom stereocenters. The topological polar surface area (TPSA) is 125 Å². The highest BCUT2D eigenvalue weighted by Crippen LogP contribution is 2.40. The molecule has 166 valence electrons. The number of nitrogens with zero attached hydrogens (tertiary/aromatic N) is 1. The number of nitrogens with one attached hydrogen (secondary N) is 2. The van der Waals surface area contributed by atoms with Crippen LogP contribution >= 0.6 is 11.8 Å². The van der Waals surface area contributed by atoms with Gasteiger partial charge in [-0.25, -0.2) is 9.59 Å². The van der Waals surface area contributed by atoms with Crippen LogP contribution < -0.4 is 10.6 Å². The van der Waals surface area contributed by atoms with E-state index in [-0.39, 0.29) is 0 Å². The van der Waals surface area contributed by atoms with Gasteiger partial charge in [0.05, 0.1) is 0 Å². The van der Waals surface area contributed by atoms with Crippen LogP contribution in [-0.4, -0.2) is 62.7 Å². The first kappa shape index (κ1) is 22.7. The third kappa shape index (κ3) is 4.84. The molecule has 2 aliphatic heterocycles. The van der Waals surface area contributed by atoms with E-state index in [1.807, 2.05) is 0 Å². The smallest absolute Gasteiger partial charge is 0.408 e. The average molecular weight is 448 g/mol. The van der Waals surface area contributed by atoms with E-state index in [1.54, 1.807) is 51.1 Å². The van der Waals surface area contributed by atoms with E-state index in [1.165, 1.54) is 16.7 Å². The van der Waals surface area contributed by atoms with Gasteiger partial charge in [0, 0.05) is 5.75 Å². The number of ether oxygens (including phenoxy) is 1. The number of amides is 3. The molecule has 4 atom stereocenters. The fourth-order valence-electron chi connectivity index (χ4n) is 3.44. The summed E-state index contributed by atoms with van der Waals surface area (Å²) in [5.74, 6) is -1.87. The number of alkyl carbamates (subject to hydrolysis) is 1. The fraction of sp³-hybridized carbons (Fsp3) is 0.429. The molecular weight excluding hydrogens is 422 g/mol. The van der Waals surface area contributed by atoms with Crippen LogP contribution in [0.4, 0.5) is 4.79 Å². The number of hydrogen-bond acceptors (Lipinski definition) is 6. The van der Waals surface area contributed by atoms with E-state index in [4.69, 9.17) is 4.74 Å². The van der Waals surface area contributed by atoms with Crippen molar-refractivity contribution in [2.24, 2.45) is 0 Å². The number of benzene rings is 1. The summed E-state index contributed by atoms with van der Waals surface area (Å²) in [7, 11) is 0. The third-order valence-corrected chi connectivity index (χ3v) is 6.15. The number of carboxylic acids is 1. The summed E-state index contributed by atoms with van der Waals surface area (Å²) in [6.07, 6.45) is -0.771. The lowest BCUT2D eigenvalue weighted by Crippen LogP contribution is -2.75. The van der Waals surface area contributed by atoms with Gasteiger partial charge in [0.15, 0.2) is 6.04 Å². The molecule has 9 nitrogen and oxygen atoms in total. The molecular formula is C21H25N3O6S. The number of β-lactam (4-membered cyclic amide) rings is 1. The second-order valence-electron chi connectivity index (χ2n) is 8.32. The van der Waals surface area contributed by atoms with Crippen molar-refractivity contribution in [1.82, 2.24) is 15.5 Å². The van der Waals surface area contributed by atoms with E-state index >= 15 is 0 Å². The molecule has 0 spiro atoms. The normalized spacial score (nSPS) is 23.8. The van der Waals surface area contributed by atoms with Crippen molar-refractivity contribution >= 4 is 35.6 Å². The SMILES string of the molecule is C=C1CS[C@@H]2[C@H](NC(=O)C(NC(=O)OC(C)(C)C)c3ccccc3)C(=O)N2[C@H]1C(=O)O. The Balaban J connectivity index is 1.75. The highest BCUT2D eigenvalue weighted by molar-refractivity contribution is 8.00. The van der Waals surface area contributed by atoms with Crippen LogP contribution in [0.3, 0.4) is 0 Å². The van der Waals surface area contributed by atoms with E-state index < -0.39 is 53.0 Å². The number of carboxylic acid groups (broad SMARTS) is 1. The zero-order valence-electron chi connectivity index (χ0n) is 17.5. The van der Waals surface area contributed by atoms with Crippen molar-refractivity contribution in [3.63, 3.8) is 0 Å². The molecule has 3 amide bonds. The van der Waals surface area contributed by atoms with Crippen molar-refractivity contribution in [3.05, 3.63) is 48.0 Å². The molecule has 0 aliphatic carbocycles. The van der Waals surface area contributed by atoms with Crippen LogP contribution in [0.2, 0.25) is 0 Å². The molecule has 0 saturated carbocycles. The van der Waals surface area contributed by atoms with Gasteiger partial charge in [0.1, 0.15) is 23.1 Å². The quantitative estimate of drug-likeness (QED) is 0.463. The number of carbonyl (C=O) groups is 4. The van der Waals surface area contributed by atoms with Gasteiger partial charge in [-0.3, -0.25) is 9.59 Å². The summed E-state index contributed by atoms with van der Waals surface area (Å²) in [4.78, 5) is 50.8. The van der Waals surface area contributed by atoms with Crippen LogP contribution in [0.15, 0.2) is 42.5 Å². The predicted octanol–water partition coefficient (Wildman–Crippen LogP) is 1.66. The van der Waals surface area contributed by atoms with Crippen LogP contribution in [-0.2, 0) is 19.1 Å². The van der Waals surface area contributed by atoms with Gasteiger partial charge in [0.2, 0.25) is 11.8 Å². The first-order valence-electron chi connectivity index (χ1n) is 9.68. The lowest BCUT2D eigenvalue weighted by Gasteiger charge is -2.52. The Hall–Kier alpha value is -3.01. The lowest BCUT2D eigenvalue weighted by molar-refractivity contribution is -0.160. The minimum Gasteiger partial charge on any atom is -0.479 e. The molecule has 10 heteroatoms. The summed E-state index contributed by atoms with van der Waals surface area (Å²) in [5.41, 5.74) is 0.197. The maximum atomic E-state index is 13.1. The third-order valence-electron chi connectivity index (χ3n) is 4.77. The minimum absolute atomic E-state index is 0.371. The number of aliphatic carboxylic acids is 1. The maximum absolute atomic E-state index is 13.1. The summed E-state index contributed by atoms with van der Waals surface area (Å²) in [6.45, 7) is 8.86. The molecule has 3 rings (SSSR count). The summed E-state index contributed by atoms with van der Waals surface area (Å²) >= 11 is 1.34. The summed E-state index contributed by atoms with van der Waals surface area (Å²) in [6, 6.07) is 5.50. The zero-order chi connectivity index (χ0) is 22.9. The molecule has 2 fully saturated rings. The van der Waals surface area contributed by atoms with Gasteiger partial charge in [-0.1, -0.05) is 36.9 Å². The molecule has 3 N–H and O–H groups in total. The standard InChI is InChI=1S/C21H25N3O6S/c1-11-10-31-18-14(17(26)24(18)15(11)19(27)28)22-16(25)13(12-8-6-5-7-9-12)23-20(29)30-21(2,3)4/h5-9,13-15,18H,1,10H2,2-4H3,(H,22,25)(H,23,29)(H,27,28)/t13?,14-,15-,18-/m1/s1. The monoisotopic (exact) mass is 447 g/mol. The number of carbonyl (C=O) groups excluding carboxylic acids is 3. The van der Waals surface area contributed by atoms with Crippen LogP contribution in [0, 0.1) is 0 Å². The molecule has 2 aliphatic rings. The highest BCUT2D eigenvalue weighted by atomic mass is 32.2. The van der Waals surface area contributed by atoms with Crippen molar-refractivity contribution in [2.45, 2.75) is 49.9 Å². The molecule has 2 heterocycles. The predicted molar refractivity (Wildman–Crippen MR) is 114 cm³/mol. The van der Waals surface area contributed by atoms with E-state index in [9.17, 15) is 24.3 Å². The van der Waals surface area contributed by atoms with E-state index in [2.05, 4.69) is 17.2 Å². The number of thioether (sulfide) groups is 1. The Bertz CT molecular complexity index is 913. The molecule has 0 radical (unpaired) electrons. The van der Waals surface area contributed by atoms with Gasteiger partial charge in [-0.15, -0.1) is 11.8 Å². The number of fused-ring (bicyclic) bond motifs is 1. The molecule has 1 aromatic carbocycles.